The molecular formula is C8H17NO. The molecule has 0 aromatic heterocycles. The van der Waals surface area contributed by atoms with Crippen LogP contribution in [0.3, 0.4) is 0 Å². The lowest BCUT2D eigenvalue weighted by Gasteiger charge is -2.19. The molecule has 2 unspecified atom stereocenters. The van der Waals surface area contributed by atoms with Crippen molar-refractivity contribution in [3.63, 3.8) is 0 Å². The highest BCUT2D eigenvalue weighted by molar-refractivity contribution is 4.88. The maximum Gasteiger partial charge on any atom is 0.0735 e. The lowest BCUT2D eigenvalue weighted by molar-refractivity contribution is 0.0611. The second kappa shape index (κ2) is 5.45. The van der Waals surface area contributed by atoms with Gasteiger partial charge in [0, 0.05) is 6.61 Å². The average Bonchev–Trinajstić information content (AvgIpc) is 1.91. The Kier molecular flexibility index (Phi) is 5.26. The van der Waals surface area contributed by atoms with E-state index in [-0.39, 0.29) is 12.1 Å². The summed E-state index contributed by atoms with van der Waals surface area (Å²) in [7, 11) is 1.90. The van der Waals surface area contributed by atoms with Gasteiger partial charge in [0.1, 0.15) is 0 Å². The summed E-state index contributed by atoms with van der Waals surface area (Å²) in [6, 6.07) is 0.264. The number of nitrogens with one attached hydrogen (secondary N) is 1. The highest BCUT2D eigenvalue weighted by Gasteiger charge is 2.09. The van der Waals surface area contributed by atoms with Gasteiger partial charge in [0.05, 0.1) is 12.1 Å². The van der Waals surface area contributed by atoms with E-state index in [2.05, 4.69) is 11.9 Å². The first-order chi connectivity index (χ1) is 4.76. The summed E-state index contributed by atoms with van der Waals surface area (Å²) in [6.07, 6.45) is 2.08. The number of hydrogen-bond donors (Lipinski definition) is 1. The van der Waals surface area contributed by atoms with Gasteiger partial charge in [-0.3, -0.25) is 0 Å². The lowest BCUT2D eigenvalue weighted by Crippen LogP contribution is -2.35. The van der Waals surface area contributed by atoms with E-state index in [0.717, 1.165) is 6.61 Å². The van der Waals surface area contributed by atoms with Crippen LogP contribution in [-0.4, -0.2) is 25.8 Å². The first-order valence-corrected chi connectivity index (χ1v) is 3.67. The van der Waals surface area contributed by atoms with Crippen molar-refractivity contribution in [2.45, 2.75) is 26.0 Å². The van der Waals surface area contributed by atoms with Crippen molar-refractivity contribution in [2.24, 2.45) is 0 Å². The standard InChI is InChI=1S/C8H17NO/c1-5-8(9-4)7(3)10-6-2/h5,7-9H,1,6H2,2-4H3. The van der Waals surface area contributed by atoms with Crippen LogP contribution in [0.5, 0.6) is 0 Å². The quantitative estimate of drug-likeness (QED) is 0.584. The molecule has 0 saturated heterocycles. The third-order valence-electron chi connectivity index (χ3n) is 1.52. The summed E-state index contributed by atoms with van der Waals surface area (Å²) in [4.78, 5) is 0. The van der Waals surface area contributed by atoms with Gasteiger partial charge < -0.3 is 10.1 Å². The number of ether oxygens (including phenoxy) is 1. The van der Waals surface area contributed by atoms with Crippen LogP contribution in [0.2, 0.25) is 0 Å². The van der Waals surface area contributed by atoms with Crippen LogP contribution in [0.1, 0.15) is 13.8 Å². The topological polar surface area (TPSA) is 21.3 Å². The van der Waals surface area contributed by atoms with Crippen molar-refractivity contribution in [2.75, 3.05) is 13.7 Å². The maximum absolute atomic E-state index is 5.35. The molecule has 60 valence electrons. The molecule has 1 N–H and O–H groups in total. The van der Waals surface area contributed by atoms with Gasteiger partial charge in [-0.25, -0.2) is 0 Å². The predicted molar refractivity (Wildman–Crippen MR) is 44.1 cm³/mol. The van der Waals surface area contributed by atoms with Crippen LogP contribution in [0.4, 0.5) is 0 Å². The van der Waals surface area contributed by atoms with E-state index in [1.807, 2.05) is 27.0 Å². The average molecular weight is 143 g/mol. The molecule has 0 rings (SSSR count). The number of hydrogen-bond acceptors (Lipinski definition) is 2. The van der Waals surface area contributed by atoms with E-state index in [4.69, 9.17) is 4.74 Å². The molecule has 0 saturated carbocycles. The van der Waals surface area contributed by atoms with Crippen molar-refractivity contribution in [1.29, 1.82) is 0 Å². The highest BCUT2D eigenvalue weighted by atomic mass is 16.5. The molecular weight excluding hydrogens is 126 g/mol. The minimum absolute atomic E-state index is 0.215. The zero-order chi connectivity index (χ0) is 7.98. The molecule has 0 aliphatic heterocycles. The zero-order valence-corrected chi connectivity index (χ0v) is 7.05. The fraction of sp³-hybridized carbons (Fsp3) is 0.750. The van der Waals surface area contributed by atoms with E-state index >= 15 is 0 Å². The first-order valence-electron chi connectivity index (χ1n) is 3.67. The van der Waals surface area contributed by atoms with Crippen LogP contribution < -0.4 is 5.32 Å². The summed E-state index contributed by atoms with van der Waals surface area (Å²) in [5.74, 6) is 0. The molecule has 0 heterocycles. The molecule has 2 nitrogen and oxygen atoms in total. The van der Waals surface area contributed by atoms with Crippen molar-refractivity contribution in [1.82, 2.24) is 5.32 Å². The summed E-state index contributed by atoms with van der Waals surface area (Å²) < 4.78 is 5.35. The molecule has 0 fully saturated rings. The van der Waals surface area contributed by atoms with E-state index < -0.39 is 0 Å². The van der Waals surface area contributed by atoms with Crippen LogP contribution in [-0.2, 0) is 4.74 Å². The van der Waals surface area contributed by atoms with Gasteiger partial charge in [0.25, 0.3) is 0 Å². The summed E-state index contributed by atoms with van der Waals surface area (Å²) in [6.45, 7) is 8.48. The predicted octanol–water partition coefficient (Wildman–Crippen LogP) is 1.19. The van der Waals surface area contributed by atoms with Gasteiger partial charge in [-0.1, -0.05) is 6.08 Å². The van der Waals surface area contributed by atoms with Crippen LogP contribution in [0.25, 0.3) is 0 Å². The summed E-state index contributed by atoms with van der Waals surface area (Å²) in [5, 5.41) is 3.09. The number of rotatable bonds is 5. The first kappa shape index (κ1) is 9.66. The number of likely N-dealkylation sites (N-methyl/N-ethyl adjacent to an activating group) is 1. The largest absolute Gasteiger partial charge is 0.377 e. The minimum Gasteiger partial charge on any atom is -0.377 e. The lowest BCUT2D eigenvalue weighted by atomic mass is 10.2. The second-order valence-electron chi connectivity index (χ2n) is 2.21. The van der Waals surface area contributed by atoms with E-state index in [9.17, 15) is 0 Å². The van der Waals surface area contributed by atoms with Gasteiger partial charge >= 0.3 is 0 Å². The Balaban J connectivity index is 3.63. The fourth-order valence-electron chi connectivity index (χ4n) is 0.911. The van der Waals surface area contributed by atoms with Gasteiger partial charge in [0.15, 0.2) is 0 Å². The molecule has 0 radical (unpaired) electrons. The Bertz CT molecular complexity index is 93.3. The van der Waals surface area contributed by atoms with E-state index in [1.165, 1.54) is 0 Å². The molecule has 0 aromatic rings. The maximum atomic E-state index is 5.35. The fourth-order valence-corrected chi connectivity index (χ4v) is 0.911. The van der Waals surface area contributed by atoms with Crippen LogP contribution in [0, 0.1) is 0 Å². The van der Waals surface area contributed by atoms with Crippen LogP contribution >= 0.6 is 0 Å². The summed E-state index contributed by atoms with van der Waals surface area (Å²) >= 11 is 0. The normalized spacial score (nSPS) is 16.3. The highest BCUT2D eigenvalue weighted by Crippen LogP contribution is 1.98. The molecule has 0 bridgehead atoms. The van der Waals surface area contributed by atoms with Gasteiger partial charge in [-0.2, -0.15) is 0 Å². The Morgan fingerprint density at radius 1 is 1.70 bits per heavy atom. The summed E-state index contributed by atoms with van der Waals surface area (Å²) in [5.41, 5.74) is 0. The smallest absolute Gasteiger partial charge is 0.0735 e. The molecule has 0 aliphatic rings. The second-order valence-corrected chi connectivity index (χ2v) is 2.21. The molecule has 0 aliphatic carbocycles. The monoisotopic (exact) mass is 143 g/mol. The molecule has 10 heavy (non-hydrogen) atoms. The van der Waals surface area contributed by atoms with E-state index in [0.29, 0.717) is 0 Å². The Morgan fingerprint density at radius 2 is 2.30 bits per heavy atom. The Hall–Kier alpha value is -0.340. The Morgan fingerprint density at radius 3 is 2.60 bits per heavy atom. The Labute approximate surface area is 63.3 Å². The van der Waals surface area contributed by atoms with Crippen LogP contribution in [0.15, 0.2) is 12.7 Å². The van der Waals surface area contributed by atoms with Gasteiger partial charge in [0.2, 0.25) is 0 Å². The SMILES string of the molecule is C=CC(NC)C(C)OCC. The van der Waals surface area contributed by atoms with Gasteiger partial charge in [-0.15, -0.1) is 6.58 Å². The van der Waals surface area contributed by atoms with E-state index in [1.54, 1.807) is 0 Å². The molecule has 0 spiro atoms. The molecule has 0 aromatic carbocycles. The molecule has 2 heteroatoms. The third-order valence-corrected chi connectivity index (χ3v) is 1.52. The van der Waals surface area contributed by atoms with Gasteiger partial charge in [-0.05, 0) is 20.9 Å². The third kappa shape index (κ3) is 2.99. The van der Waals surface area contributed by atoms with Crippen molar-refractivity contribution >= 4 is 0 Å². The van der Waals surface area contributed by atoms with Crippen molar-refractivity contribution in [3.8, 4) is 0 Å². The molecule has 0 amide bonds. The zero-order valence-electron chi connectivity index (χ0n) is 7.05. The minimum atomic E-state index is 0.215. The molecule has 2 atom stereocenters. The van der Waals surface area contributed by atoms with Crippen molar-refractivity contribution < 1.29 is 4.74 Å². The van der Waals surface area contributed by atoms with Crippen molar-refractivity contribution in [3.05, 3.63) is 12.7 Å².